The van der Waals surface area contributed by atoms with Crippen molar-refractivity contribution in [3.8, 4) is 5.69 Å². The van der Waals surface area contributed by atoms with Crippen LogP contribution < -0.4 is 10.6 Å². The molecule has 1 saturated carbocycles. The number of hydrogen-bond donors (Lipinski definition) is 2. The Morgan fingerprint density at radius 3 is 2.43 bits per heavy atom. The highest BCUT2D eigenvalue weighted by Gasteiger charge is 2.34. The van der Waals surface area contributed by atoms with Crippen molar-refractivity contribution < 1.29 is 22.8 Å². The molecule has 0 spiro atoms. The van der Waals surface area contributed by atoms with Crippen LogP contribution in [0.5, 0.6) is 0 Å². The van der Waals surface area contributed by atoms with Crippen LogP contribution in [0.2, 0.25) is 0 Å². The molecule has 10 heteroatoms. The summed E-state index contributed by atoms with van der Waals surface area (Å²) in [4.78, 5) is 24.9. The summed E-state index contributed by atoms with van der Waals surface area (Å²) in [6, 6.07) is 11.5. The minimum Gasteiger partial charge on any atom is -0.349 e. The number of halogens is 3. The minimum absolute atomic E-state index is 0.148. The van der Waals surface area contributed by atoms with E-state index in [1.165, 1.54) is 18.2 Å². The molecule has 1 fully saturated rings. The van der Waals surface area contributed by atoms with Crippen LogP contribution in [0.25, 0.3) is 5.69 Å². The van der Waals surface area contributed by atoms with E-state index in [0.29, 0.717) is 0 Å². The molecule has 0 radical (unpaired) electrons. The van der Waals surface area contributed by atoms with Crippen molar-refractivity contribution in [3.63, 3.8) is 0 Å². The molecule has 30 heavy (non-hydrogen) atoms. The largest absolute Gasteiger partial charge is 0.418 e. The molecule has 1 aliphatic rings. The Morgan fingerprint density at radius 1 is 1.00 bits per heavy atom. The molecule has 0 unspecified atom stereocenters. The van der Waals surface area contributed by atoms with E-state index in [1.54, 1.807) is 24.3 Å². The average molecular weight is 415 g/mol. The van der Waals surface area contributed by atoms with Gasteiger partial charge in [-0.1, -0.05) is 29.5 Å². The van der Waals surface area contributed by atoms with Gasteiger partial charge in [-0.2, -0.15) is 13.2 Å². The molecule has 2 N–H and O–H groups in total. The number of benzene rings is 2. The lowest BCUT2D eigenvalue weighted by atomic mass is 10.1. The highest BCUT2D eigenvalue weighted by atomic mass is 19.4. The van der Waals surface area contributed by atoms with E-state index < -0.39 is 17.6 Å². The minimum atomic E-state index is -4.58. The zero-order valence-electron chi connectivity index (χ0n) is 15.5. The predicted molar refractivity (Wildman–Crippen MR) is 101 cm³/mol. The number of nitrogens with one attached hydrogen (secondary N) is 2. The second kappa shape index (κ2) is 7.62. The number of amides is 2. The molecule has 0 saturated heterocycles. The quantitative estimate of drug-likeness (QED) is 0.668. The second-order valence-electron chi connectivity index (χ2n) is 6.81. The van der Waals surface area contributed by atoms with Crippen LogP contribution in [0.15, 0.2) is 54.7 Å². The summed E-state index contributed by atoms with van der Waals surface area (Å²) in [6.07, 6.45) is -1.64. The zero-order valence-corrected chi connectivity index (χ0v) is 15.5. The number of rotatable bonds is 5. The molecule has 0 atom stereocenters. The van der Waals surface area contributed by atoms with Crippen molar-refractivity contribution in [1.82, 2.24) is 20.3 Å². The Morgan fingerprint density at radius 2 is 1.70 bits per heavy atom. The molecule has 2 amide bonds. The maximum absolute atomic E-state index is 13.2. The van der Waals surface area contributed by atoms with Crippen LogP contribution >= 0.6 is 0 Å². The Bertz CT molecular complexity index is 1110. The van der Waals surface area contributed by atoms with Crippen molar-refractivity contribution in [2.24, 2.45) is 0 Å². The number of carbonyl (C=O) groups is 2. The number of aromatic nitrogens is 3. The van der Waals surface area contributed by atoms with Crippen LogP contribution in [-0.2, 0) is 6.18 Å². The molecular weight excluding hydrogens is 399 g/mol. The first-order chi connectivity index (χ1) is 14.3. The van der Waals surface area contributed by atoms with Gasteiger partial charge in [0.1, 0.15) is 0 Å². The molecule has 2 aromatic carbocycles. The lowest BCUT2D eigenvalue weighted by Gasteiger charge is -2.11. The predicted octanol–water partition coefficient (Wildman–Crippen LogP) is 3.43. The number of anilines is 1. The summed E-state index contributed by atoms with van der Waals surface area (Å²) in [6.45, 7) is 0. The lowest BCUT2D eigenvalue weighted by molar-refractivity contribution is -0.137. The van der Waals surface area contributed by atoms with E-state index >= 15 is 0 Å². The van der Waals surface area contributed by atoms with Gasteiger partial charge < -0.3 is 10.6 Å². The van der Waals surface area contributed by atoms with Gasteiger partial charge in [0.15, 0.2) is 5.69 Å². The van der Waals surface area contributed by atoms with Crippen molar-refractivity contribution in [1.29, 1.82) is 0 Å². The molecule has 1 aromatic heterocycles. The molecule has 0 aliphatic heterocycles. The number of nitrogens with zero attached hydrogens (tertiary/aromatic N) is 3. The van der Waals surface area contributed by atoms with Crippen molar-refractivity contribution in [3.05, 3.63) is 71.5 Å². The van der Waals surface area contributed by atoms with Gasteiger partial charge in [-0.3, -0.25) is 9.59 Å². The molecule has 3 aromatic rings. The van der Waals surface area contributed by atoms with Gasteiger partial charge in [-0.05, 0) is 37.1 Å². The molecule has 154 valence electrons. The fourth-order valence-electron chi connectivity index (χ4n) is 2.87. The van der Waals surface area contributed by atoms with E-state index in [-0.39, 0.29) is 34.6 Å². The standard InChI is InChI=1S/C20H16F3N5O2/c21-20(22,23)14-6-2-4-8-17(14)28-11-16(26-27-28)19(30)25-15-7-3-1-5-13(15)18(29)24-12-9-10-12/h1-8,11-12H,9-10H2,(H,24,29)(H,25,30). The third-order valence-corrected chi connectivity index (χ3v) is 4.51. The fraction of sp³-hybridized carbons (Fsp3) is 0.200. The molecular formula is C20H16F3N5O2. The summed E-state index contributed by atoms with van der Waals surface area (Å²) >= 11 is 0. The van der Waals surface area contributed by atoms with E-state index in [0.717, 1.165) is 29.8 Å². The first kappa shape index (κ1) is 19.6. The number of carbonyl (C=O) groups excluding carboxylic acids is 2. The summed E-state index contributed by atoms with van der Waals surface area (Å²) in [5.74, 6) is -1.01. The van der Waals surface area contributed by atoms with Gasteiger partial charge in [0.05, 0.1) is 28.7 Å². The Kier molecular flexibility index (Phi) is 4.98. The van der Waals surface area contributed by atoms with Crippen LogP contribution in [0.3, 0.4) is 0 Å². The smallest absolute Gasteiger partial charge is 0.349 e. The molecule has 1 aliphatic carbocycles. The van der Waals surface area contributed by atoms with Crippen LogP contribution in [0, 0.1) is 0 Å². The Balaban J connectivity index is 1.56. The molecule has 4 rings (SSSR count). The van der Waals surface area contributed by atoms with E-state index in [4.69, 9.17) is 0 Å². The highest BCUT2D eigenvalue weighted by Crippen LogP contribution is 2.33. The van der Waals surface area contributed by atoms with E-state index in [1.807, 2.05) is 0 Å². The second-order valence-corrected chi connectivity index (χ2v) is 6.81. The molecule has 0 bridgehead atoms. The van der Waals surface area contributed by atoms with Gasteiger partial charge in [0, 0.05) is 6.04 Å². The summed E-state index contributed by atoms with van der Waals surface area (Å²) in [5, 5.41) is 12.7. The summed E-state index contributed by atoms with van der Waals surface area (Å²) in [5.41, 5.74) is -0.785. The third kappa shape index (κ3) is 4.17. The van der Waals surface area contributed by atoms with E-state index in [2.05, 4.69) is 20.9 Å². The first-order valence-electron chi connectivity index (χ1n) is 9.13. The average Bonchev–Trinajstić information content (AvgIpc) is 3.39. The number of para-hydroxylation sites is 2. The van der Waals surface area contributed by atoms with Gasteiger partial charge in [0.25, 0.3) is 11.8 Å². The Hall–Kier alpha value is -3.69. The third-order valence-electron chi connectivity index (χ3n) is 4.51. The van der Waals surface area contributed by atoms with E-state index in [9.17, 15) is 22.8 Å². The number of hydrogen-bond acceptors (Lipinski definition) is 4. The summed E-state index contributed by atoms with van der Waals surface area (Å²) < 4.78 is 40.6. The van der Waals surface area contributed by atoms with Gasteiger partial charge in [-0.15, -0.1) is 5.10 Å². The van der Waals surface area contributed by atoms with Gasteiger partial charge in [-0.25, -0.2) is 4.68 Å². The monoisotopic (exact) mass is 415 g/mol. The van der Waals surface area contributed by atoms with Crippen LogP contribution in [0.1, 0.15) is 39.3 Å². The summed E-state index contributed by atoms with van der Waals surface area (Å²) in [7, 11) is 0. The van der Waals surface area contributed by atoms with Crippen molar-refractivity contribution >= 4 is 17.5 Å². The topological polar surface area (TPSA) is 88.9 Å². The zero-order chi connectivity index (χ0) is 21.3. The van der Waals surface area contributed by atoms with Crippen LogP contribution in [0.4, 0.5) is 18.9 Å². The Labute approximate surface area is 168 Å². The van der Waals surface area contributed by atoms with Gasteiger partial charge in [0.2, 0.25) is 0 Å². The molecule has 1 heterocycles. The first-order valence-corrected chi connectivity index (χ1v) is 9.13. The number of alkyl halides is 3. The van der Waals surface area contributed by atoms with Crippen LogP contribution in [-0.4, -0.2) is 32.9 Å². The molecule has 7 nitrogen and oxygen atoms in total. The van der Waals surface area contributed by atoms with Crippen molar-refractivity contribution in [2.45, 2.75) is 25.1 Å². The fourth-order valence-corrected chi connectivity index (χ4v) is 2.87. The SMILES string of the molecule is O=C(Nc1ccccc1C(=O)NC1CC1)c1cn(-c2ccccc2C(F)(F)F)nn1. The van der Waals surface area contributed by atoms with Gasteiger partial charge >= 0.3 is 6.18 Å². The maximum atomic E-state index is 13.2. The normalized spacial score (nSPS) is 13.7. The van der Waals surface area contributed by atoms with Crippen molar-refractivity contribution in [2.75, 3.05) is 5.32 Å². The highest BCUT2D eigenvalue weighted by molar-refractivity contribution is 6.08. The maximum Gasteiger partial charge on any atom is 0.418 e. The lowest BCUT2D eigenvalue weighted by Crippen LogP contribution is -2.27.